The van der Waals surface area contributed by atoms with Crippen molar-refractivity contribution in [1.82, 2.24) is 9.97 Å². The van der Waals surface area contributed by atoms with Crippen molar-refractivity contribution in [2.24, 2.45) is 5.92 Å². The SMILES string of the molecule is CC(C)c1ccc([C@H]([NH2+]Cc2nc3c(oc4ccccc43)c(=O)[nH]2)C(C)C)cc1. The van der Waals surface area contributed by atoms with Crippen molar-refractivity contribution in [3.63, 3.8) is 0 Å². The summed E-state index contributed by atoms with van der Waals surface area (Å²) in [7, 11) is 0. The van der Waals surface area contributed by atoms with Crippen molar-refractivity contribution in [3.8, 4) is 0 Å². The standard InChI is InChI=1S/C24H27N3O2/c1-14(2)16-9-11-17(12-10-16)21(15(3)4)25-13-20-26-22-18-7-5-6-8-19(18)29-23(22)24(28)27-20/h5-12,14-15,21,25H,13H2,1-4H3,(H,26,27,28)/p+1/t21-/m1/s1. The second-order valence-corrected chi connectivity index (χ2v) is 8.32. The van der Waals surface area contributed by atoms with Crippen LogP contribution in [0.15, 0.2) is 57.7 Å². The molecule has 2 heterocycles. The number of aromatic nitrogens is 2. The van der Waals surface area contributed by atoms with Crippen molar-refractivity contribution in [2.45, 2.75) is 46.2 Å². The third-order valence-corrected chi connectivity index (χ3v) is 5.55. The van der Waals surface area contributed by atoms with Crippen LogP contribution >= 0.6 is 0 Å². The molecule has 0 aliphatic heterocycles. The maximum atomic E-state index is 12.5. The second-order valence-electron chi connectivity index (χ2n) is 8.32. The predicted molar refractivity (Wildman–Crippen MR) is 116 cm³/mol. The maximum Gasteiger partial charge on any atom is 0.294 e. The van der Waals surface area contributed by atoms with Gasteiger partial charge in [0, 0.05) is 16.9 Å². The summed E-state index contributed by atoms with van der Waals surface area (Å²) in [5.41, 5.74) is 4.03. The van der Waals surface area contributed by atoms with Crippen molar-refractivity contribution in [1.29, 1.82) is 0 Å². The number of aromatic amines is 1. The number of nitrogens with two attached hydrogens (primary N) is 1. The van der Waals surface area contributed by atoms with E-state index >= 15 is 0 Å². The van der Waals surface area contributed by atoms with Crippen LogP contribution in [0.5, 0.6) is 0 Å². The summed E-state index contributed by atoms with van der Waals surface area (Å²) in [5.74, 6) is 1.64. The number of para-hydroxylation sites is 1. The van der Waals surface area contributed by atoms with E-state index in [-0.39, 0.29) is 5.56 Å². The number of hydrogen-bond acceptors (Lipinski definition) is 3. The average Bonchev–Trinajstić information content (AvgIpc) is 3.08. The Kier molecular flexibility index (Phi) is 5.24. The van der Waals surface area contributed by atoms with Crippen molar-refractivity contribution >= 4 is 22.1 Å². The molecule has 4 aromatic rings. The van der Waals surface area contributed by atoms with Crippen LogP contribution in [0.2, 0.25) is 0 Å². The molecule has 4 rings (SSSR count). The van der Waals surface area contributed by atoms with Gasteiger partial charge in [-0.25, -0.2) is 4.98 Å². The molecule has 0 spiro atoms. The lowest BCUT2D eigenvalue weighted by Crippen LogP contribution is -2.85. The van der Waals surface area contributed by atoms with E-state index in [0.717, 1.165) is 5.39 Å². The van der Waals surface area contributed by atoms with E-state index in [1.54, 1.807) is 0 Å². The van der Waals surface area contributed by atoms with Gasteiger partial charge < -0.3 is 14.7 Å². The number of nitrogens with one attached hydrogen (secondary N) is 1. The van der Waals surface area contributed by atoms with E-state index in [2.05, 4.69) is 62.3 Å². The molecule has 0 radical (unpaired) electrons. The highest BCUT2D eigenvalue weighted by atomic mass is 16.3. The topological polar surface area (TPSA) is 75.5 Å². The number of quaternary nitrogens is 1. The Balaban J connectivity index is 1.61. The van der Waals surface area contributed by atoms with Gasteiger partial charge in [-0.15, -0.1) is 0 Å². The largest absolute Gasteiger partial charge is 0.449 e. The smallest absolute Gasteiger partial charge is 0.294 e. The number of furan rings is 1. The first kappa shape index (κ1) is 19.4. The van der Waals surface area contributed by atoms with Gasteiger partial charge in [0.15, 0.2) is 5.82 Å². The lowest BCUT2D eigenvalue weighted by molar-refractivity contribution is -0.718. The third-order valence-electron chi connectivity index (χ3n) is 5.55. The van der Waals surface area contributed by atoms with E-state index in [0.29, 0.717) is 46.9 Å². The van der Waals surface area contributed by atoms with Crippen molar-refractivity contribution < 1.29 is 9.73 Å². The molecule has 0 aliphatic carbocycles. The Labute approximate surface area is 170 Å². The summed E-state index contributed by atoms with van der Waals surface area (Å²) in [5, 5.41) is 3.13. The molecule has 0 aliphatic rings. The first-order chi connectivity index (χ1) is 13.9. The lowest BCUT2D eigenvalue weighted by Gasteiger charge is -2.20. The van der Waals surface area contributed by atoms with Gasteiger partial charge in [-0.1, -0.05) is 64.1 Å². The van der Waals surface area contributed by atoms with E-state index in [1.165, 1.54) is 11.1 Å². The van der Waals surface area contributed by atoms with Crippen LogP contribution in [0, 0.1) is 5.92 Å². The van der Waals surface area contributed by atoms with Gasteiger partial charge in [0.1, 0.15) is 23.7 Å². The summed E-state index contributed by atoms with van der Waals surface area (Å²) in [6, 6.07) is 16.8. The molecule has 150 valence electrons. The molecular formula is C24H28N3O2+. The minimum Gasteiger partial charge on any atom is -0.449 e. The van der Waals surface area contributed by atoms with Crippen molar-refractivity contribution in [3.05, 3.63) is 75.8 Å². The molecule has 1 atom stereocenters. The van der Waals surface area contributed by atoms with Crippen LogP contribution in [-0.4, -0.2) is 9.97 Å². The quantitative estimate of drug-likeness (QED) is 0.517. The Bertz CT molecular complexity index is 1190. The Hall–Kier alpha value is -2.92. The van der Waals surface area contributed by atoms with Crippen LogP contribution in [0.3, 0.4) is 0 Å². The van der Waals surface area contributed by atoms with Crippen LogP contribution in [0.4, 0.5) is 0 Å². The van der Waals surface area contributed by atoms with Crippen LogP contribution < -0.4 is 10.9 Å². The monoisotopic (exact) mass is 390 g/mol. The normalized spacial score (nSPS) is 13.0. The Morgan fingerprint density at radius 1 is 1.00 bits per heavy atom. The summed E-state index contributed by atoms with van der Waals surface area (Å²) in [4.78, 5) is 20.1. The molecule has 0 fully saturated rings. The van der Waals surface area contributed by atoms with Gasteiger partial charge in [0.05, 0.1) is 0 Å². The first-order valence-electron chi connectivity index (χ1n) is 10.3. The number of rotatable bonds is 6. The van der Waals surface area contributed by atoms with E-state index in [1.807, 2.05) is 24.3 Å². The van der Waals surface area contributed by atoms with Crippen LogP contribution in [-0.2, 0) is 6.54 Å². The Morgan fingerprint density at radius 2 is 1.69 bits per heavy atom. The summed E-state index contributed by atoms with van der Waals surface area (Å²) in [6.45, 7) is 9.46. The molecule has 29 heavy (non-hydrogen) atoms. The molecule has 5 nitrogen and oxygen atoms in total. The lowest BCUT2D eigenvalue weighted by atomic mass is 9.93. The molecule has 0 saturated carbocycles. The fraction of sp³-hybridized carbons (Fsp3) is 0.333. The molecule has 2 aromatic carbocycles. The first-order valence-corrected chi connectivity index (χ1v) is 10.3. The molecule has 2 aromatic heterocycles. The van der Waals surface area contributed by atoms with Gasteiger partial charge >= 0.3 is 0 Å². The average molecular weight is 391 g/mol. The molecule has 0 saturated heterocycles. The van der Waals surface area contributed by atoms with Crippen LogP contribution in [0.1, 0.15) is 56.6 Å². The van der Waals surface area contributed by atoms with Crippen molar-refractivity contribution in [2.75, 3.05) is 0 Å². The number of nitrogens with zero attached hydrogens (tertiary/aromatic N) is 1. The predicted octanol–water partition coefficient (Wildman–Crippen LogP) is 4.25. The third kappa shape index (κ3) is 3.83. The highest BCUT2D eigenvalue weighted by Crippen LogP contribution is 2.24. The summed E-state index contributed by atoms with van der Waals surface area (Å²) in [6.07, 6.45) is 0. The summed E-state index contributed by atoms with van der Waals surface area (Å²) >= 11 is 0. The highest BCUT2D eigenvalue weighted by molar-refractivity contribution is 6.01. The number of fused-ring (bicyclic) bond motifs is 3. The van der Waals surface area contributed by atoms with Gasteiger partial charge in [-0.05, 0) is 23.6 Å². The van der Waals surface area contributed by atoms with Gasteiger partial charge in [0.25, 0.3) is 5.56 Å². The van der Waals surface area contributed by atoms with E-state index < -0.39 is 0 Å². The Morgan fingerprint density at radius 3 is 2.38 bits per heavy atom. The molecule has 5 heteroatoms. The maximum absolute atomic E-state index is 12.5. The van der Waals surface area contributed by atoms with Gasteiger partial charge in [-0.3, -0.25) is 4.79 Å². The zero-order valence-corrected chi connectivity index (χ0v) is 17.4. The molecular weight excluding hydrogens is 362 g/mol. The van der Waals surface area contributed by atoms with Gasteiger partial charge in [-0.2, -0.15) is 0 Å². The fourth-order valence-corrected chi connectivity index (χ4v) is 3.88. The van der Waals surface area contributed by atoms with Crippen LogP contribution in [0.25, 0.3) is 22.1 Å². The van der Waals surface area contributed by atoms with E-state index in [4.69, 9.17) is 9.40 Å². The number of hydrogen-bond donors (Lipinski definition) is 2. The zero-order chi connectivity index (χ0) is 20.5. The number of benzene rings is 2. The fourth-order valence-electron chi connectivity index (χ4n) is 3.88. The second kappa shape index (κ2) is 7.84. The molecule has 0 amide bonds. The zero-order valence-electron chi connectivity index (χ0n) is 17.4. The number of H-pyrrole nitrogens is 1. The minimum absolute atomic E-state index is 0.225. The molecule has 3 N–H and O–H groups in total. The van der Waals surface area contributed by atoms with E-state index in [9.17, 15) is 4.79 Å². The van der Waals surface area contributed by atoms with Gasteiger partial charge in [0.2, 0.25) is 5.58 Å². The highest BCUT2D eigenvalue weighted by Gasteiger charge is 2.21. The minimum atomic E-state index is -0.225. The summed E-state index contributed by atoms with van der Waals surface area (Å²) < 4.78 is 5.69. The molecule has 0 bridgehead atoms. The molecule has 0 unspecified atom stereocenters.